The van der Waals surface area contributed by atoms with Crippen LogP contribution in [0.15, 0.2) is 60.9 Å². The fraction of sp³-hybridized carbons (Fsp3) is 0.296. The average molecular weight is 470 g/mol. The van der Waals surface area contributed by atoms with Crippen molar-refractivity contribution in [2.45, 2.75) is 25.9 Å². The molecule has 8 heteroatoms. The van der Waals surface area contributed by atoms with Crippen molar-refractivity contribution in [3.05, 3.63) is 66.5 Å². The van der Waals surface area contributed by atoms with Crippen LogP contribution < -0.4 is 19.3 Å². The molecular weight excluding hydrogens is 442 g/mol. The van der Waals surface area contributed by atoms with E-state index in [-0.39, 0.29) is 5.78 Å². The number of rotatable bonds is 6. The van der Waals surface area contributed by atoms with E-state index in [4.69, 9.17) is 14.5 Å². The van der Waals surface area contributed by atoms with Crippen molar-refractivity contribution in [2.24, 2.45) is 0 Å². The van der Waals surface area contributed by atoms with Gasteiger partial charge in [0.2, 0.25) is 5.95 Å². The molecule has 4 aromatic rings. The summed E-state index contributed by atoms with van der Waals surface area (Å²) >= 11 is 0. The number of Topliss-reactive ketones (excluding diaryl/α,β-unsaturated/α-hetero) is 1. The molecule has 2 aliphatic heterocycles. The average Bonchev–Trinajstić information content (AvgIpc) is 3.49. The van der Waals surface area contributed by atoms with Gasteiger partial charge in [0.25, 0.3) is 0 Å². The van der Waals surface area contributed by atoms with Crippen LogP contribution in [0.2, 0.25) is 0 Å². The Kier molecular flexibility index (Phi) is 4.91. The lowest BCUT2D eigenvalue weighted by atomic mass is 9.97. The summed E-state index contributed by atoms with van der Waals surface area (Å²) < 4.78 is 14.1. The van der Waals surface area contributed by atoms with Crippen molar-refractivity contribution in [2.75, 3.05) is 36.6 Å². The molecule has 35 heavy (non-hydrogen) atoms. The highest BCUT2D eigenvalue weighted by Crippen LogP contribution is 2.47. The topological polar surface area (TPSA) is 72.7 Å². The summed E-state index contributed by atoms with van der Waals surface area (Å²) in [7, 11) is 1.60. The summed E-state index contributed by atoms with van der Waals surface area (Å²) in [5.74, 6) is 2.18. The Morgan fingerprint density at radius 3 is 2.71 bits per heavy atom. The quantitative estimate of drug-likeness (QED) is 0.413. The molecule has 0 amide bonds. The van der Waals surface area contributed by atoms with Gasteiger partial charge in [-0.15, -0.1) is 0 Å². The maximum atomic E-state index is 13.3. The second-order valence-electron chi connectivity index (χ2n) is 9.34. The van der Waals surface area contributed by atoms with Crippen molar-refractivity contribution in [1.82, 2.24) is 14.5 Å². The predicted molar refractivity (Wildman–Crippen MR) is 135 cm³/mol. The molecule has 2 aromatic carbocycles. The van der Waals surface area contributed by atoms with Gasteiger partial charge in [-0.2, -0.15) is 0 Å². The minimum absolute atomic E-state index is 0.0390. The molecule has 4 heterocycles. The van der Waals surface area contributed by atoms with E-state index < -0.39 is 5.54 Å². The lowest BCUT2D eigenvalue weighted by Gasteiger charge is -2.32. The highest BCUT2D eigenvalue weighted by atomic mass is 16.5. The zero-order valence-corrected chi connectivity index (χ0v) is 20.1. The molecule has 2 aromatic heterocycles. The van der Waals surface area contributed by atoms with E-state index >= 15 is 0 Å². The number of aromatic nitrogens is 3. The zero-order chi connectivity index (χ0) is 24.2. The van der Waals surface area contributed by atoms with Crippen LogP contribution >= 0.6 is 0 Å². The predicted octanol–water partition coefficient (Wildman–Crippen LogP) is 4.45. The molecule has 0 bridgehead atoms. The molecular formula is C27H27N5O3. The number of fused-ring (bicyclic) bond motifs is 4. The third-order valence-corrected chi connectivity index (χ3v) is 6.92. The first-order valence-electron chi connectivity index (χ1n) is 11.8. The molecule has 8 nitrogen and oxygen atoms in total. The van der Waals surface area contributed by atoms with Crippen LogP contribution in [0.3, 0.4) is 0 Å². The van der Waals surface area contributed by atoms with Gasteiger partial charge in [0.05, 0.1) is 42.3 Å². The number of carbonyl (C=O) groups excluding carboxylic acids is 1. The van der Waals surface area contributed by atoms with Crippen LogP contribution in [0.1, 0.15) is 24.2 Å². The van der Waals surface area contributed by atoms with Crippen molar-refractivity contribution in [1.29, 1.82) is 0 Å². The highest BCUT2D eigenvalue weighted by Gasteiger charge is 2.45. The van der Waals surface area contributed by atoms with Crippen molar-refractivity contribution in [3.63, 3.8) is 0 Å². The molecule has 0 atom stereocenters. The number of ether oxygens (including phenoxy) is 2. The van der Waals surface area contributed by atoms with Crippen LogP contribution in [0.5, 0.6) is 11.5 Å². The SMILES string of the molecule is COc1cc2c(cc1OCCN1CCn3c1nc1ccccc13)N(c1cccnc1)C(C)(C)C2=O. The summed E-state index contributed by atoms with van der Waals surface area (Å²) in [4.78, 5) is 26.6. The number of benzene rings is 2. The van der Waals surface area contributed by atoms with Crippen molar-refractivity contribution < 1.29 is 14.3 Å². The number of ketones is 1. The molecule has 0 fully saturated rings. The van der Waals surface area contributed by atoms with Crippen LogP contribution in [0, 0.1) is 0 Å². The van der Waals surface area contributed by atoms with E-state index in [0.717, 1.165) is 41.4 Å². The monoisotopic (exact) mass is 469 g/mol. The Morgan fingerprint density at radius 2 is 1.91 bits per heavy atom. The Bertz CT molecular complexity index is 1430. The van der Waals surface area contributed by atoms with E-state index in [2.05, 4.69) is 20.5 Å². The molecule has 0 unspecified atom stereocenters. The van der Waals surface area contributed by atoms with E-state index in [1.54, 1.807) is 25.6 Å². The molecule has 0 saturated carbocycles. The molecule has 0 saturated heterocycles. The first-order valence-corrected chi connectivity index (χ1v) is 11.8. The molecule has 178 valence electrons. The van der Waals surface area contributed by atoms with Crippen molar-refractivity contribution in [3.8, 4) is 11.5 Å². The van der Waals surface area contributed by atoms with Crippen LogP contribution in [0.4, 0.5) is 17.3 Å². The number of carbonyl (C=O) groups is 1. The fourth-order valence-corrected chi connectivity index (χ4v) is 5.19. The zero-order valence-electron chi connectivity index (χ0n) is 20.1. The molecule has 6 rings (SSSR count). The lowest BCUT2D eigenvalue weighted by molar-refractivity contribution is 0.0929. The standard InChI is InChI=1S/C27H27N5O3/c1-27(2)25(33)19-15-23(34-3)24(16-22(19)32(27)18-7-6-10-28-17-18)35-14-13-30-11-12-31-21-9-5-4-8-20(21)29-26(30)31/h4-10,15-17H,11-14H2,1-3H3. The lowest BCUT2D eigenvalue weighted by Crippen LogP contribution is -2.41. The summed E-state index contributed by atoms with van der Waals surface area (Å²) in [5.41, 5.74) is 3.70. The number of pyridine rings is 1. The smallest absolute Gasteiger partial charge is 0.206 e. The van der Waals surface area contributed by atoms with Gasteiger partial charge in [-0.25, -0.2) is 4.98 Å². The van der Waals surface area contributed by atoms with Crippen LogP contribution in [0.25, 0.3) is 11.0 Å². The second kappa shape index (κ2) is 8.01. The summed E-state index contributed by atoms with van der Waals surface area (Å²) in [6.45, 7) is 6.82. The number of imidazole rings is 1. The first-order chi connectivity index (χ1) is 17.0. The van der Waals surface area contributed by atoms with Gasteiger partial charge in [-0.1, -0.05) is 12.1 Å². The highest BCUT2D eigenvalue weighted by molar-refractivity contribution is 6.15. The van der Waals surface area contributed by atoms with Crippen molar-refractivity contribution >= 4 is 34.1 Å². The van der Waals surface area contributed by atoms with Gasteiger partial charge >= 0.3 is 0 Å². The molecule has 0 spiro atoms. The number of nitrogens with zero attached hydrogens (tertiary/aromatic N) is 5. The van der Waals surface area contributed by atoms with Gasteiger partial charge in [-0.05, 0) is 44.2 Å². The number of hydrogen-bond acceptors (Lipinski definition) is 7. The second-order valence-corrected chi connectivity index (χ2v) is 9.34. The van der Waals surface area contributed by atoms with Crippen LogP contribution in [-0.4, -0.2) is 52.7 Å². The van der Waals surface area contributed by atoms with E-state index in [1.807, 2.05) is 55.1 Å². The molecule has 0 radical (unpaired) electrons. The van der Waals surface area contributed by atoms with E-state index in [0.29, 0.717) is 30.2 Å². The number of para-hydroxylation sites is 2. The third-order valence-electron chi connectivity index (χ3n) is 6.92. The Balaban J connectivity index is 1.26. The van der Waals surface area contributed by atoms with Gasteiger partial charge in [0.15, 0.2) is 17.3 Å². The summed E-state index contributed by atoms with van der Waals surface area (Å²) in [5, 5.41) is 0. The first kappa shape index (κ1) is 21.5. The van der Waals surface area contributed by atoms with E-state index in [1.165, 1.54) is 0 Å². The van der Waals surface area contributed by atoms with Gasteiger partial charge in [0, 0.05) is 30.9 Å². The van der Waals surface area contributed by atoms with Crippen LogP contribution in [-0.2, 0) is 6.54 Å². The number of hydrogen-bond donors (Lipinski definition) is 0. The Hall–Kier alpha value is -4.07. The maximum Gasteiger partial charge on any atom is 0.206 e. The van der Waals surface area contributed by atoms with Gasteiger partial charge < -0.3 is 23.8 Å². The Labute approximate surface area is 203 Å². The minimum atomic E-state index is -0.746. The largest absolute Gasteiger partial charge is 0.493 e. The number of methoxy groups -OCH3 is 1. The molecule has 0 N–H and O–H groups in total. The minimum Gasteiger partial charge on any atom is -0.493 e. The maximum absolute atomic E-state index is 13.3. The number of anilines is 3. The fourth-order valence-electron chi connectivity index (χ4n) is 5.19. The van der Waals surface area contributed by atoms with Gasteiger partial charge in [-0.3, -0.25) is 9.78 Å². The van der Waals surface area contributed by atoms with E-state index in [9.17, 15) is 4.79 Å². The normalized spacial score (nSPS) is 16.0. The van der Waals surface area contributed by atoms with Gasteiger partial charge in [0.1, 0.15) is 12.1 Å². The third kappa shape index (κ3) is 3.31. The molecule has 2 aliphatic rings. The molecule has 0 aliphatic carbocycles. The summed E-state index contributed by atoms with van der Waals surface area (Å²) in [6.07, 6.45) is 3.50. The summed E-state index contributed by atoms with van der Waals surface area (Å²) in [6, 6.07) is 15.7. The Morgan fingerprint density at radius 1 is 1.06 bits per heavy atom.